The summed E-state index contributed by atoms with van der Waals surface area (Å²) < 4.78 is 5.11. The van der Waals surface area contributed by atoms with Gasteiger partial charge in [-0.05, 0) is 30.0 Å². The number of ether oxygens (including phenoxy) is 1. The van der Waals surface area contributed by atoms with Crippen LogP contribution in [0.3, 0.4) is 0 Å². The molecule has 0 saturated heterocycles. The molecule has 19 heavy (non-hydrogen) atoms. The van der Waals surface area contributed by atoms with Crippen LogP contribution in [0.2, 0.25) is 0 Å². The number of benzene rings is 1. The van der Waals surface area contributed by atoms with Crippen molar-refractivity contribution in [3.63, 3.8) is 0 Å². The van der Waals surface area contributed by atoms with Gasteiger partial charge in [0.05, 0.1) is 17.7 Å². The van der Waals surface area contributed by atoms with E-state index in [0.717, 1.165) is 28.2 Å². The lowest BCUT2D eigenvalue weighted by atomic mass is 9.84. The summed E-state index contributed by atoms with van der Waals surface area (Å²) in [6.07, 6.45) is 1.31. The van der Waals surface area contributed by atoms with E-state index in [-0.39, 0.29) is 11.7 Å². The van der Waals surface area contributed by atoms with Gasteiger partial charge in [0, 0.05) is 12.1 Å². The zero-order valence-electron chi connectivity index (χ0n) is 10.6. The Balaban J connectivity index is 1.92. The summed E-state index contributed by atoms with van der Waals surface area (Å²) in [5, 5.41) is 0.566. The van der Waals surface area contributed by atoms with Crippen LogP contribution in [-0.2, 0) is 6.42 Å². The molecule has 98 valence electrons. The zero-order valence-corrected chi connectivity index (χ0v) is 11.4. The molecule has 1 heterocycles. The summed E-state index contributed by atoms with van der Waals surface area (Å²) >= 11 is 1.34. The molecular weight excluding hydrogens is 260 g/mol. The van der Waals surface area contributed by atoms with Crippen LogP contribution < -0.4 is 10.5 Å². The van der Waals surface area contributed by atoms with Crippen LogP contribution in [0.15, 0.2) is 24.3 Å². The average molecular weight is 274 g/mol. The second kappa shape index (κ2) is 4.66. The Morgan fingerprint density at radius 3 is 2.74 bits per heavy atom. The summed E-state index contributed by atoms with van der Waals surface area (Å²) in [6, 6.07) is 7.72. The molecule has 1 unspecified atom stereocenters. The largest absolute Gasteiger partial charge is 0.473 e. The van der Waals surface area contributed by atoms with Crippen molar-refractivity contribution in [3.05, 3.63) is 40.4 Å². The number of Topliss-reactive ketones (excluding diaryl/α,β-unsaturated/α-hetero) is 1. The minimum absolute atomic E-state index is 0.156. The molecule has 0 amide bonds. The van der Waals surface area contributed by atoms with Crippen molar-refractivity contribution in [2.45, 2.75) is 18.8 Å². The van der Waals surface area contributed by atoms with E-state index in [1.165, 1.54) is 11.3 Å². The normalized spacial score (nSPS) is 18.2. The number of carbonyl (C=O) groups excluding carboxylic acids is 1. The number of aromatic nitrogens is 1. The molecule has 2 N–H and O–H groups in total. The standard InChI is InChI=1S/C14H14N2O2S/c1-18-14-16-11-6-9(7-12(17)13(11)19-14)8-2-4-10(15)5-3-8/h2-5,9H,6-7,15H2,1H3. The first-order chi connectivity index (χ1) is 9.17. The van der Waals surface area contributed by atoms with Gasteiger partial charge in [0.15, 0.2) is 5.78 Å². The maximum absolute atomic E-state index is 12.2. The summed E-state index contributed by atoms with van der Waals surface area (Å²) in [4.78, 5) is 17.3. The molecule has 0 saturated carbocycles. The van der Waals surface area contributed by atoms with E-state index in [1.807, 2.05) is 24.3 Å². The van der Waals surface area contributed by atoms with Gasteiger partial charge in [-0.1, -0.05) is 23.5 Å². The third-order valence-electron chi connectivity index (χ3n) is 3.39. The van der Waals surface area contributed by atoms with Crippen LogP contribution in [0.1, 0.15) is 33.3 Å². The van der Waals surface area contributed by atoms with Gasteiger partial charge >= 0.3 is 0 Å². The highest BCUT2D eigenvalue weighted by molar-refractivity contribution is 7.15. The van der Waals surface area contributed by atoms with Crippen molar-refractivity contribution in [2.24, 2.45) is 0 Å². The van der Waals surface area contributed by atoms with Crippen molar-refractivity contribution in [2.75, 3.05) is 12.8 Å². The third kappa shape index (κ3) is 2.21. The number of methoxy groups -OCH3 is 1. The van der Waals surface area contributed by atoms with Gasteiger partial charge in [-0.15, -0.1) is 0 Å². The highest BCUT2D eigenvalue weighted by atomic mass is 32.1. The summed E-state index contributed by atoms with van der Waals surface area (Å²) in [5.41, 5.74) is 8.43. The number of nitrogen functional groups attached to an aromatic ring is 1. The second-order valence-electron chi connectivity index (χ2n) is 4.65. The van der Waals surface area contributed by atoms with Crippen molar-refractivity contribution in [3.8, 4) is 5.19 Å². The number of thiazole rings is 1. The van der Waals surface area contributed by atoms with Gasteiger partial charge < -0.3 is 10.5 Å². The number of hydrogen-bond acceptors (Lipinski definition) is 5. The van der Waals surface area contributed by atoms with Gasteiger partial charge in [0.2, 0.25) is 0 Å². The number of ketones is 1. The minimum atomic E-state index is 0.156. The highest BCUT2D eigenvalue weighted by Crippen LogP contribution is 2.37. The molecule has 0 spiro atoms. The van der Waals surface area contributed by atoms with Crippen molar-refractivity contribution >= 4 is 22.8 Å². The van der Waals surface area contributed by atoms with Gasteiger partial charge in [-0.25, -0.2) is 4.98 Å². The van der Waals surface area contributed by atoms with Crippen LogP contribution in [0.4, 0.5) is 5.69 Å². The Labute approximate surface area is 115 Å². The Kier molecular flexibility index (Phi) is 2.98. The molecule has 1 atom stereocenters. The number of nitrogens with two attached hydrogens (primary N) is 1. The molecule has 0 radical (unpaired) electrons. The molecule has 4 nitrogen and oxygen atoms in total. The van der Waals surface area contributed by atoms with E-state index in [0.29, 0.717) is 11.6 Å². The lowest BCUT2D eigenvalue weighted by Crippen LogP contribution is -2.17. The molecule has 5 heteroatoms. The van der Waals surface area contributed by atoms with E-state index in [1.54, 1.807) is 7.11 Å². The van der Waals surface area contributed by atoms with Crippen LogP contribution in [0.5, 0.6) is 5.19 Å². The molecule has 1 aromatic carbocycles. The first-order valence-corrected chi connectivity index (χ1v) is 6.91. The quantitative estimate of drug-likeness (QED) is 0.855. The van der Waals surface area contributed by atoms with Gasteiger partial charge in [0.25, 0.3) is 5.19 Å². The van der Waals surface area contributed by atoms with Crippen LogP contribution >= 0.6 is 11.3 Å². The molecule has 3 rings (SSSR count). The number of anilines is 1. The van der Waals surface area contributed by atoms with E-state index in [4.69, 9.17) is 10.5 Å². The molecule has 0 fully saturated rings. The fourth-order valence-electron chi connectivity index (χ4n) is 2.40. The van der Waals surface area contributed by atoms with E-state index in [2.05, 4.69) is 4.98 Å². The van der Waals surface area contributed by atoms with Crippen molar-refractivity contribution in [1.82, 2.24) is 4.98 Å². The number of fused-ring (bicyclic) bond motifs is 1. The third-order valence-corrected chi connectivity index (χ3v) is 4.49. The van der Waals surface area contributed by atoms with Crippen LogP contribution in [0, 0.1) is 0 Å². The predicted octanol–water partition coefficient (Wildman–Crippen LogP) is 2.65. The molecule has 1 aliphatic carbocycles. The minimum Gasteiger partial charge on any atom is -0.473 e. The Morgan fingerprint density at radius 2 is 2.05 bits per heavy atom. The smallest absolute Gasteiger partial charge is 0.273 e. The van der Waals surface area contributed by atoms with E-state index in [9.17, 15) is 4.79 Å². The Morgan fingerprint density at radius 1 is 1.32 bits per heavy atom. The fraction of sp³-hybridized carbons (Fsp3) is 0.286. The Bertz CT molecular complexity index is 619. The average Bonchev–Trinajstić information content (AvgIpc) is 2.83. The van der Waals surface area contributed by atoms with E-state index >= 15 is 0 Å². The maximum atomic E-state index is 12.2. The van der Waals surface area contributed by atoms with Gasteiger partial charge in [0.1, 0.15) is 0 Å². The Hall–Kier alpha value is -1.88. The zero-order chi connectivity index (χ0) is 13.4. The molecule has 1 aromatic heterocycles. The van der Waals surface area contributed by atoms with E-state index < -0.39 is 0 Å². The fourth-order valence-corrected chi connectivity index (χ4v) is 3.26. The topological polar surface area (TPSA) is 65.2 Å². The number of hydrogen-bond donors (Lipinski definition) is 1. The van der Waals surface area contributed by atoms with Crippen molar-refractivity contribution in [1.29, 1.82) is 0 Å². The first kappa shape index (κ1) is 12.2. The summed E-state index contributed by atoms with van der Waals surface area (Å²) in [6.45, 7) is 0. The lowest BCUT2D eigenvalue weighted by Gasteiger charge is -2.20. The second-order valence-corrected chi connectivity index (χ2v) is 5.62. The van der Waals surface area contributed by atoms with Crippen molar-refractivity contribution < 1.29 is 9.53 Å². The first-order valence-electron chi connectivity index (χ1n) is 6.09. The lowest BCUT2D eigenvalue weighted by molar-refractivity contribution is 0.0968. The molecular formula is C14H14N2O2S. The van der Waals surface area contributed by atoms with Gasteiger partial charge in [-0.3, -0.25) is 4.79 Å². The number of nitrogens with zero attached hydrogens (tertiary/aromatic N) is 1. The molecule has 0 bridgehead atoms. The highest BCUT2D eigenvalue weighted by Gasteiger charge is 2.30. The number of rotatable bonds is 2. The van der Waals surface area contributed by atoms with Gasteiger partial charge in [-0.2, -0.15) is 0 Å². The summed E-state index contributed by atoms with van der Waals surface area (Å²) in [5.74, 6) is 0.344. The maximum Gasteiger partial charge on any atom is 0.273 e. The van der Waals surface area contributed by atoms with Crippen LogP contribution in [-0.4, -0.2) is 17.9 Å². The summed E-state index contributed by atoms with van der Waals surface area (Å²) in [7, 11) is 1.58. The molecule has 1 aliphatic rings. The SMILES string of the molecule is COc1nc2c(s1)C(=O)CC(c1ccc(N)cc1)C2. The molecule has 2 aromatic rings. The monoisotopic (exact) mass is 274 g/mol. The predicted molar refractivity (Wildman–Crippen MR) is 74.9 cm³/mol. The van der Waals surface area contributed by atoms with Crippen LogP contribution in [0.25, 0.3) is 0 Å². The number of carbonyl (C=O) groups is 1. The molecule has 0 aliphatic heterocycles.